The molecule has 0 unspecified atom stereocenters. The van der Waals surface area contributed by atoms with Gasteiger partial charge in [-0.3, -0.25) is 20.3 Å². The molecule has 146 valence electrons. The number of benzene rings is 2. The van der Waals surface area contributed by atoms with Crippen molar-refractivity contribution in [3.8, 4) is 5.75 Å². The zero-order valence-electron chi connectivity index (χ0n) is 14.9. The SMILES string of the molecule is C=C(NNC(=O)Cn1ccc(C(F)(F)F)n1)c1ccc2cc(OC)ccc2c1. The maximum Gasteiger partial charge on any atom is 0.435 e. The Bertz CT molecular complexity index is 1030. The molecule has 2 aromatic carbocycles. The van der Waals surface area contributed by atoms with Gasteiger partial charge in [0.15, 0.2) is 5.69 Å². The lowest BCUT2D eigenvalue weighted by atomic mass is 10.1. The summed E-state index contributed by atoms with van der Waals surface area (Å²) in [5.41, 5.74) is 5.18. The van der Waals surface area contributed by atoms with E-state index in [2.05, 4.69) is 22.5 Å². The predicted molar refractivity (Wildman–Crippen MR) is 98.0 cm³/mol. The van der Waals surface area contributed by atoms with Crippen LogP contribution in [0.3, 0.4) is 0 Å². The molecular formula is C19H17F3N4O2. The van der Waals surface area contributed by atoms with Crippen molar-refractivity contribution >= 4 is 22.4 Å². The van der Waals surface area contributed by atoms with Gasteiger partial charge in [-0.25, -0.2) is 0 Å². The van der Waals surface area contributed by atoms with E-state index in [0.717, 1.165) is 39.0 Å². The average molecular weight is 390 g/mol. The van der Waals surface area contributed by atoms with Gasteiger partial charge >= 0.3 is 6.18 Å². The van der Waals surface area contributed by atoms with Gasteiger partial charge in [0.05, 0.1) is 12.8 Å². The second kappa shape index (κ2) is 7.63. The molecule has 6 nitrogen and oxygen atoms in total. The van der Waals surface area contributed by atoms with E-state index in [0.29, 0.717) is 5.70 Å². The number of aromatic nitrogens is 2. The Balaban J connectivity index is 1.59. The number of rotatable bonds is 6. The number of carbonyl (C=O) groups is 1. The molecule has 28 heavy (non-hydrogen) atoms. The van der Waals surface area contributed by atoms with Crippen molar-refractivity contribution in [2.75, 3.05) is 7.11 Å². The maximum absolute atomic E-state index is 12.5. The molecule has 1 aromatic heterocycles. The van der Waals surface area contributed by atoms with Crippen molar-refractivity contribution in [2.24, 2.45) is 0 Å². The van der Waals surface area contributed by atoms with Crippen LogP contribution in [0.1, 0.15) is 11.3 Å². The van der Waals surface area contributed by atoms with E-state index >= 15 is 0 Å². The summed E-state index contributed by atoms with van der Waals surface area (Å²) in [6.45, 7) is 3.49. The van der Waals surface area contributed by atoms with Crippen LogP contribution in [0, 0.1) is 0 Å². The highest BCUT2D eigenvalue weighted by atomic mass is 19.4. The fourth-order valence-electron chi connectivity index (χ4n) is 2.54. The molecule has 3 aromatic rings. The smallest absolute Gasteiger partial charge is 0.435 e. The Kier molecular flexibility index (Phi) is 5.25. The minimum absolute atomic E-state index is 0.367. The number of amides is 1. The van der Waals surface area contributed by atoms with Crippen LogP contribution in [-0.4, -0.2) is 22.8 Å². The minimum atomic E-state index is -4.55. The molecule has 0 aliphatic heterocycles. The largest absolute Gasteiger partial charge is 0.497 e. The first-order valence-corrected chi connectivity index (χ1v) is 8.19. The average Bonchev–Trinajstić information content (AvgIpc) is 3.14. The third-order valence-corrected chi connectivity index (χ3v) is 3.99. The number of halogens is 3. The molecule has 0 aliphatic rings. The van der Waals surface area contributed by atoms with Gasteiger partial charge in [-0.05, 0) is 40.6 Å². The molecule has 3 rings (SSSR count). The Morgan fingerprint density at radius 2 is 1.86 bits per heavy atom. The third-order valence-electron chi connectivity index (χ3n) is 3.99. The Hall–Kier alpha value is -3.49. The predicted octanol–water partition coefficient (Wildman–Crippen LogP) is 3.36. The number of ether oxygens (including phenoxy) is 1. The lowest BCUT2D eigenvalue weighted by molar-refractivity contribution is -0.141. The van der Waals surface area contributed by atoms with E-state index in [1.54, 1.807) is 7.11 Å². The number of carbonyl (C=O) groups excluding carboxylic acids is 1. The molecule has 0 atom stereocenters. The zero-order chi connectivity index (χ0) is 20.3. The fourth-order valence-corrected chi connectivity index (χ4v) is 2.54. The van der Waals surface area contributed by atoms with Gasteiger partial charge in [-0.15, -0.1) is 0 Å². The number of alkyl halides is 3. The topological polar surface area (TPSA) is 68.2 Å². The number of hydrazine groups is 1. The maximum atomic E-state index is 12.5. The van der Waals surface area contributed by atoms with Crippen molar-refractivity contribution < 1.29 is 22.7 Å². The van der Waals surface area contributed by atoms with Crippen molar-refractivity contribution in [2.45, 2.75) is 12.7 Å². The highest BCUT2D eigenvalue weighted by molar-refractivity contribution is 5.87. The molecule has 9 heteroatoms. The summed E-state index contributed by atoms with van der Waals surface area (Å²) in [5.74, 6) is 0.181. The van der Waals surface area contributed by atoms with Crippen LogP contribution in [0.2, 0.25) is 0 Å². The van der Waals surface area contributed by atoms with Gasteiger partial charge in [0, 0.05) is 6.20 Å². The van der Waals surface area contributed by atoms with E-state index in [-0.39, 0.29) is 6.54 Å². The van der Waals surface area contributed by atoms with E-state index in [9.17, 15) is 18.0 Å². The molecule has 0 saturated carbocycles. The van der Waals surface area contributed by atoms with Gasteiger partial charge in [0.25, 0.3) is 5.91 Å². The van der Waals surface area contributed by atoms with Crippen LogP contribution in [0.4, 0.5) is 13.2 Å². The summed E-state index contributed by atoms with van der Waals surface area (Å²) in [5, 5.41) is 5.27. The van der Waals surface area contributed by atoms with Crippen LogP contribution in [0.25, 0.3) is 16.5 Å². The van der Waals surface area contributed by atoms with Gasteiger partial charge in [-0.1, -0.05) is 24.8 Å². The first kappa shape index (κ1) is 19.3. The monoisotopic (exact) mass is 390 g/mol. The van der Waals surface area contributed by atoms with Crippen LogP contribution in [0.15, 0.2) is 55.2 Å². The van der Waals surface area contributed by atoms with Gasteiger partial charge in [-0.2, -0.15) is 18.3 Å². The minimum Gasteiger partial charge on any atom is -0.497 e. The first-order valence-electron chi connectivity index (χ1n) is 8.19. The molecule has 0 saturated heterocycles. The zero-order valence-corrected chi connectivity index (χ0v) is 14.9. The Labute approximate surface area is 158 Å². The van der Waals surface area contributed by atoms with E-state index in [1.807, 2.05) is 36.4 Å². The normalized spacial score (nSPS) is 11.3. The van der Waals surface area contributed by atoms with Crippen molar-refractivity contribution in [3.63, 3.8) is 0 Å². The summed E-state index contributed by atoms with van der Waals surface area (Å²) < 4.78 is 43.7. The quantitative estimate of drug-likeness (QED) is 0.634. The second-order valence-electron chi connectivity index (χ2n) is 5.98. The van der Waals surface area contributed by atoms with Crippen LogP contribution >= 0.6 is 0 Å². The summed E-state index contributed by atoms with van der Waals surface area (Å²) in [4.78, 5) is 11.9. The van der Waals surface area contributed by atoms with Crippen LogP contribution < -0.4 is 15.6 Å². The first-order chi connectivity index (χ1) is 13.3. The molecule has 2 N–H and O–H groups in total. The van der Waals surface area contributed by atoms with E-state index in [1.165, 1.54) is 0 Å². The summed E-state index contributed by atoms with van der Waals surface area (Å²) in [6, 6.07) is 12.1. The van der Waals surface area contributed by atoms with Gasteiger partial charge < -0.3 is 4.74 Å². The van der Waals surface area contributed by atoms with Gasteiger partial charge in [0.1, 0.15) is 12.3 Å². The number of nitrogens with zero attached hydrogens (tertiary/aromatic N) is 2. The van der Waals surface area contributed by atoms with Crippen LogP contribution in [0.5, 0.6) is 5.75 Å². The molecule has 1 heterocycles. The molecule has 0 fully saturated rings. The van der Waals surface area contributed by atoms with Gasteiger partial charge in [0.2, 0.25) is 0 Å². The van der Waals surface area contributed by atoms with E-state index < -0.39 is 17.8 Å². The molecule has 0 bridgehead atoms. The Morgan fingerprint density at radius 3 is 2.54 bits per heavy atom. The number of methoxy groups -OCH3 is 1. The highest BCUT2D eigenvalue weighted by Crippen LogP contribution is 2.27. The van der Waals surface area contributed by atoms with E-state index in [4.69, 9.17) is 4.74 Å². The lowest BCUT2D eigenvalue weighted by Gasteiger charge is -2.12. The van der Waals surface area contributed by atoms with Crippen LogP contribution in [-0.2, 0) is 17.5 Å². The Morgan fingerprint density at radius 1 is 1.14 bits per heavy atom. The lowest BCUT2D eigenvalue weighted by Crippen LogP contribution is -2.38. The molecular weight excluding hydrogens is 373 g/mol. The van der Waals surface area contributed by atoms with Crippen molar-refractivity contribution in [3.05, 3.63) is 66.5 Å². The summed E-state index contributed by atoms with van der Waals surface area (Å²) >= 11 is 0. The summed E-state index contributed by atoms with van der Waals surface area (Å²) in [6.07, 6.45) is -3.46. The van der Waals surface area contributed by atoms with Crippen molar-refractivity contribution in [1.82, 2.24) is 20.6 Å². The number of hydrogen-bond donors (Lipinski definition) is 2. The highest BCUT2D eigenvalue weighted by Gasteiger charge is 2.33. The summed E-state index contributed by atoms with van der Waals surface area (Å²) in [7, 11) is 1.59. The molecule has 1 amide bonds. The third kappa shape index (κ3) is 4.43. The number of fused-ring (bicyclic) bond motifs is 1. The molecule has 0 aliphatic carbocycles. The van der Waals surface area contributed by atoms with Crippen molar-refractivity contribution in [1.29, 1.82) is 0 Å². The fraction of sp³-hybridized carbons (Fsp3) is 0.158. The number of nitrogens with one attached hydrogen (secondary N) is 2. The molecule has 0 spiro atoms. The standard InChI is InChI=1S/C19H17F3N4O2/c1-12(13-3-4-15-10-16(28-2)6-5-14(15)9-13)23-24-18(27)11-26-8-7-17(25-26)19(20,21)22/h3-10,23H,1,11H2,2H3,(H,24,27). The molecule has 0 radical (unpaired) electrons. The number of hydrogen-bond acceptors (Lipinski definition) is 4. The second-order valence-corrected chi connectivity index (χ2v) is 5.98.